The van der Waals surface area contributed by atoms with Crippen LogP contribution < -0.4 is 11.3 Å². The molecule has 3 N–H and O–H groups in total. The molecule has 1 atom stereocenters. The van der Waals surface area contributed by atoms with Crippen molar-refractivity contribution in [3.63, 3.8) is 0 Å². The van der Waals surface area contributed by atoms with Gasteiger partial charge in [0.15, 0.2) is 0 Å². The molecule has 4 heteroatoms. The maximum atomic E-state index is 13.7. The minimum absolute atomic E-state index is 0.259. The number of benzene rings is 2. The largest absolute Gasteiger partial charge is 0.271 e. The molecule has 1 unspecified atom stereocenters. The lowest BCUT2D eigenvalue weighted by molar-refractivity contribution is 0.522. The van der Waals surface area contributed by atoms with Gasteiger partial charge in [0.05, 0.1) is 6.04 Å². The molecule has 2 aromatic rings. The average Bonchev–Trinajstić information content (AvgIpc) is 2.43. The molecule has 0 aliphatic rings. The molecule has 0 aliphatic heterocycles. The highest BCUT2D eigenvalue weighted by atomic mass is 19.1. The number of nitrogens with one attached hydrogen (secondary N) is 1. The second-order valence-electron chi connectivity index (χ2n) is 5.00. The first-order valence-corrected chi connectivity index (χ1v) is 6.48. The number of aryl methyl sites for hydroxylation is 2. The second-order valence-corrected chi connectivity index (χ2v) is 5.00. The van der Waals surface area contributed by atoms with Crippen LogP contribution in [0.25, 0.3) is 0 Å². The van der Waals surface area contributed by atoms with Gasteiger partial charge in [-0.05, 0) is 60.7 Å². The summed E-state index contributed by atoms with van der Waals surface area (Å²) < 4.78 is 26.9. The first-order valence-electron chi connectivity index (χ1n) is 6.48. The summed E-state index contributed by atoms with van der Waals surface area (Å²) in [6, 6.07) is 9.16. The third-order valence-corrected chi connectivity index (χ3v) is 3.57. The maximum Gasteiger partial charge on any atom is 0.126 e. The van der Waals surface area contributed by atoms with Crippen molar-refractivity contribution in [2.45, 2.75) is 26.3 Å². The fraction of sp³-hybridized carbons (Fsp3) is 0.250. The summed E-state index contributed by atoms with van der Waals surface area (Å²) in [6.45, 7) is 4.03. The van der Waals surface area contributed by atoms with E-state index in [0.717, 1.165) is 23.3 Å². The normalized spacial score (nSPS) is 12.4. The van der Waals surface area contributed by atoms with Gasteiger partial charge in [0.25, 0.3) is 0 Å². The Morgan fingerprint density at radius 3 is 2.45 bits per heavy atom. The third kappa shape index (κ3) is 3.21. The van der Waals surface area contributed by atoms with E-state index in [1.807, 2.05) is 32.0 Å². The topological polar surface area (TPSA) is 38.0 Å². The molecule has 0 amide bonds. The van der Waals surface area contributed by atoms with Crippen molar-refractivity contribution >= 4 is 0 Å². The lowest BCUT2D eigenvalue weighted by atomic mass is 9.96. The summed E-state index contributed by atoms with van der Waals surface area (Å²) in [5.41, 5.74) is 6.26. The highest BCUT2D eigenvalue weighted by Crippen LogP contribution is 2.22. The molecular formula is C16H18F2N2. The van der Waals surface area contributed by atoms with Gasteiger partial charge in [-0.15, -0.1) is 0 Å². The highest BCUT2D eigenvalue weighted by molar-refractivity contribution is 5.33. The molecule has 0 saturated heterocycles. The molecule has 0 heterocycles. The number of hydrogen-bond donors (Lipinski definition) is 2. The van der Waals surface area contributed by atoms with Gasteiger partial charge in [-0.1, -0.05) is 18.2 Å². The van der Waals surface area contributed by atoms with Gasteiger partial charge in [0, 0.05) is 0 Å². The molecule has 106 valence electrons. The number of hydrogen-bond acceptors (Lipinski definition) is 2. The first-order chi connectivity index (χ1) is 9.51. The average molecular weight is 276 g/mol. The van der Waals surface area contributed by atoms with Gasteiger partial charge in [-0.25, -0.2) is 8.78 Å². The SMILES string of the molecule is Cc1ccc(C(Cc2cc(F)ccc2F)NN)cc1C. The van der Waals surface area contributed by atoms with Gasteiger partial charge in [-0.3, -0.25) is 11.3 Å². The first kappa shape index (κ1) is 14.6. The Balaban J connectivity index is 2.28. The fourth-order valence-corrected chi connectivity index (χ4v) is 2.17. The van der Waals surface area contributed by atoms with Crippen molar-refractivity contribution in [1.82, 2.24) is 5.43 Å². The van der Waals surface area contributed by atoms with Crippen molar-refractivity contribution in [1.29, 1.82) is 0 Å². The van der Waals surface area contributed by atoms with E-state index in [2.05, 4.69) is 5.43 Å². The van der Waals surface area contributed by atoms with Gasteiger partial charge in [-0.2, -0.15) is 0 Å². The number of hydrazine groups is 1. The zero-order valence-electron chi connectivity index (χ0n) is 11.6. The summed E-state index contributed by atoms with van der Waals surface area (Å²) in [5, 5.41) is 0. The maximum absolute atomic E-state index is 13.7. The smallest absolute Gasteiger partial charge is 0.126 e. The zero-order valence-corrected chi connectivity index (χ0v) is 11.6. The molecule has 2 rings (SSSR count). The van der Waals surface area contributed by atoms with Gasteiger partial charge < -0.3 is 0 Å². The van der Waals surface area contributed by atoms with E-state index in [9.17, 15) is 8.78 Å². The van der Waals surface area contributed by atoms with E-state index in [0.29, 0.717) is 12.0 Å². The molecule has 20 heavy (non-hydrogen) atoms. The van der Waals surface area contributed by atoms with Crippen LogP contribution in [0.5, 0.6) is 0 Å². The molecule has 0 fully saturated rings. The predicted molar refractivity (Wildman–Crippen MR) is 76.0 cm³/mol. The van der Waals surface area contributed by atoms with E-state index >= 15 is 0 Å². The van der Waals surface area contributed by atoms with Crippen LogP contribution in [0, 0.1) is 25.5 Å². The standard InChI is InChI=1S/C16H18F2N2/c1-10-3-4-12(7-11(10)2)16(20-19)9-13-8-14(17)5-6-15(13)18/h3-8,16,20H,9,19H2,1-2H3. The van der Waals surface area contributed by atoms with Crippen LogP contribution in [0.2, 0.25) is 0 Å². The summed E-state index contributed by atoms with van der Waals surface area (Å²) in [6.07, 6.45) is 0.294. The highest BCUT2D eigenvalue weighted by Gasteiger charge is 2.14. The van der Waals surface area contributed by atoms with Crippen LogP contribution in [0.15, 0.2) is 36.4 Å². The molecule has 0 bridgehead atoms. The fourth-order valence-electron chi connectivity index (χ4n) is 2.17. The van der Waals surface area contributed by atoms with Crippen LogP contribution in [-0.2, 0) is 6.42 Å². The molecule has 2 aromatic carbocycles. The second kappa shape index (κ2) is 6.11. The lowest BCUT2D eigenvalue weighted by Crippen LogP contribution is -2.30. The van der Waals surface area contributed by atoms with Crippen LogP contribution in [0.1, 0.15) is 28.3 Å². The predicted octanol–water partition coefficient (Wildman–Crippen LogP) is 3.33. The van der Waals surface area contributed by atoms with Crippen LogP contribution in [-0.4, -0.2) is 0 Å². The van der Waals surface area contributed by atoms with Crippen molar-refractivity contribution in [2.24, 2.45) is 5.84 Å². The van der Waals surface area contributed by atoms with Crippen LogP contribution in [0.4, 0.5) is 8.78 Å². The van der Waals surface area contributed by atoms with E-state index in [1.54, 1.807) is 0 Å². The molecule has 0 saturated carbocycles. The minimum atomic E-state index is -0.447. The molecule has 0 aliphatic carbocycles. The quantitative estimate of drug-likeness (QED) is 0.664. The van der Waals surface area contributed by atoms with Crippen molar-refractivity contribution in [3.05, 3.63) is 70.3 Å². The zero-order chi connectivity index (χ0) is 14.7. The Hall–Kier alpha value is -1.78. The summed E-state index contributed by atoms with van der Waals surface area (Å²) in [5.74, 6) is 4.69. The Morgan fingerprint density at radius 1 is 1.05 bits per heavy atom. The Morgan fingerprint density at radius 2 is 1.80 bits per heavy atom. The number of rotatable bonds is 4. The monoisotopic (exact) mass is 276 g/mol. The van der Waals surface area contributed by atoms with E-state index in [1.165, 1.54) is 11.6 Å². The summed E-state index contributed by atoms with van der Waals surface area (Å²) >= 11 is 0. The molecule has 2 nitrogen and oxygen atoms in total. The molecule has 0 aromatic heterocycles. The molecule has 0 spiro atoms. The number of halogens is 2. The van der Waals surface area contributed by atoms with Crippen molar-refractivity contribution < 1.29 is 8.78 Å². The van der Waals surface area contributed by atoms with Crippen LogP contribution >= 0.6 is 0 Å². The summed E-state index contributed by atoms with van der Waals surface area (Å²) in [4.78, 5) is 0. The molecular weight excluding hydrogens is 258 g/mol. The Kier molecular flexibility index (Phi) is 4.47. The summed E-state index contributed by atoms with van der Waals surface area (Å²) in [7, 11) is 0. The van der Waals surface area contributed by atoms with Gasteiger partial charge in [0.2, 0.25) is 0 Å². The number of nitrogens with two attached hydrogens (primary N) is 1. The molecule has 0 radical (unpaired) electrons. The minimum Gasteiger partial charge on any atom is -0.271 e. The lowest BCUT2D eigenvalue weighted by Gasteiger charge is -2.18. The van der Waals surface area contributed by atoms with Gasteiger partial charge in [0.1, 0.15) is 11.6 Å². The van der Waals surface area contributed by atoms with Crippen molar-refractivity contribution in [2.75, 3.05) is 0 Å². The van der Waals surface area contributed by atoms with Crippen LogP contribution in [0.3, 0.4) is 0 Å². The van der Waals surface area contributed by atoms with E-state index in [-0.39, 0.29) is 6.04 Å². The third-order valence-electron chi connectivity index (χ3n) is 3.57. The Labute approximate surface area is 117 Å². The van der Waals surface area contributed by atoms with E-state index < -0.39 is 11.6 Å². The Bertz CT molecular complexity index is 611. The van der Waals surface area contributed by atoms with E-state index in [4.69, 9.17) is 5.84 Å². The van der Waals surface area contributed by atoms with Gasteiger partial charge >= 0.3 is 0 Å². The van der Waals surface area contributed by atoms with Crippen molar-refractivity contribution in [3.8, 4) is 0 Å².